The normalized spacial score (nSPS) is 27.3. The maximum absolute atomic E-state index is 10.5. The lowest BCUT2D eigenvalue weighted by Gasteiger charge is -2.04. The van der Waals surface area contributed by atoms with Gasteiger partial charge < -0.3 is 14.6 Å². The van der Waals surface area contributed by atoms with E-state index in [0.717, 1.165) is 6.42 Å². The van der Waals surface area contributed by atoms with Gasteiger partial charge in [0.2, 0.25) is 5.76 Å². The molecule has 3 atom stereocenters. The minimum atomic E-state index is -1.10. The van der Waals surface area contributed by atoms with Crippen LogP contribution in [0, 0.1) is 11.8 Å². The number of hydrogen-bond donors (Lipinski definition) is 2. The number of aliphatic hydroxyl groups is 1. The molecule has 0 aliphatic heterocycles. The summed E-state index contributed by atoms with van der Waals surface area (Å²) in [6.45, 7) is 2.05. The Morgan fingerprint density at radius 2 is 2.29 bits per heavy atom. The summed E-state index contributed by atoms with van der Waals surface area (Å²) in [6, 6.07) is 2.90. The lowest BCUT2D eigenvalue weighted by Crippen LogP contribution is -1.99. The van der Waals surface area contributed by atoms with Gasteiger partial charge in [-0.25, -0.2) is 4.79 Å². The van der Waals surface area contributed by atoms with Crippen molar-refractivity contribution < 1.29 is 19.4 Å². The molecular formula is C10H12O4. The number of aliphatic hydroxyl groups excluding tert-OH is 1. The number of rotatable bonds is 3. The summed E-state index contributed by atoms with van der Waals surface area (Å²) in [5, 5.41) is 18.3. The number of hydrogen-bond acceptors (Lipinski definition) is 3. The molecule has 1 aliphatic rings. The van der Waals surface area contributed by atoms with E-state index in [9.17, 15) is 9.90 Å². The van der Waals surface area contributed by atoms with Gasteiger partial charge in [0, 0.05) is 0 Å². The van der Waals surface area contributed by atoms with Crippen LogP contribution in [-0.4, -0.2) is 16.2 Å². The predicted molar refractivity (Wildman–Crippen MR) is 47.9 cm³/mol. The fourth-order valence-corrected chi connectivity index (χ4v) is 1.63. The summed E-state index contributed by atoms with van der Waals surface area (Å²) < 4.78 is 5.01. The highest BCUT2D eigenvalue weighted by atomic mass is 16.4. The van der Waals surface area contributed by atoms with E-state index in [2.05, 4.69) is 6.92 Å². The van der Waals surface area contributed by atoms with Gasteiger partial charge in [-0.1, -0.05) is 6.92 Å². The maximum Gasteiger partial charge on any atom is 0.371 e. The molecule has 76 valence electrons. The molecule has 1 fully saturated rings. The largest absolute Gasteiger partial charge is 0.475 e. The first-order chi connectivity index (χ1) is 6.59. The number of carboxylic acids is 1. The number of carbonyl (C=O) groups is 1. The molecule has 3 unspecified atom stereocenters. The van der Waals surface area contributed by atoms with Gasteiger partial charge in [-0.15, -0.1) is 0 Å². The van der Waals surface area contributed by atoms with E-state index in [1.54, 1.807) is 0 Å². The second-order valence-corrected chi connectivity index (χ2v) is 3.83. The van der Waals surface area contributed by atoms with Crippen molar-refractivity contribution in [3.8, 4) is 0 Å². The Morgan fingerprint density at radius 1 is 1.64 bits per heavy atom. The van der Waals surface area contributed by atoms with Crippen molar-refractivity contribution >= 4 is 5.97 Å². The maximum atomic E-state index is 10.5. The first-order valence-electron chi connectivity index (χ1n) is 4.60. The van der Waals surface area contributed by atoms with Gasteiger partial charge >= 0.3 is 5.97 Å². The Balaban J connectivity index is 2.12. The average Bonchev–Trinajstić information content (AvgIpc) is 2.69. The predicted octanol–water partition coefficient (Wildman–Crippen LogP) is 1.67. The molecule has 2 rings (SSSR count). The Kier molecular flexibility index (Phi) is 2.07. The lowest BCUT2D eigenvalue weighted by molar-refractivity contribution is 0.0646. The average molecular weight is 196 g/mol. The lowest BCUT2D eigenvalue weighted by atomic mass is 10.1. The molecule has 1 aliphatic carbocycles. The molecule has 14 heavy (non-hydrogen) atoms. The molecule has 1 aromatic heterocycles. The quantitative estimate of drug-likeness (QED) is 0.771. The van der Waals surface area contributed by atoms with Crippen molar-refractivity contribution in [2.45, 2.75) is 19.4 Å². The molecule has 0 amide bonds. The standard InChI is InChI=1S/C10H12O4/c1-5-4-6(5)9(11)7-2-3-8(14-7)10(12)13/h2-3,5-6,9,11H,4H2,1H3,(H,12,13). The van der Waals surface area contributed by atoms with Gasteiger partial charge in [0.05, 0.1) is 0 Å². The molecule has 1 saturated carbocycles. The highest BCUT2D eigenvalue weighted by Crippen LogP contribution is 2.47. The van der Waals surface area contributed by atoms with Crippen LogP contribution in [0.15, 0.2) is 16.5 Å². The van der Waals surface area contributed by atoms with E-state index in [-0.39, 0.29) is 11.7 Å². The molecule has 4 nitrogen and oxygen atoms in total. The van der Waals surface area contributed by atoms with Crippen LogP contribution in [0.1, 0.15) is 35.8 Å². The van der Waals surface area contributed by atoms with Crippen LogP contribution < -0.4 is 0 Å². The summed E-state index contributed by atoms with van der Waals surface area (Å²) in [5.41, 5.74) is 0. The SMILES string of the molecule is CC1CC1C(O)c1ccc(C(=O)O)o1. The van der Waals surface area contributed by atoms with Crippen LogP contribution in [0.3, 0.4) is 0 Å². The van der Waals surface area contributed by atoms with Crippen molar-refractivity contribution in [2.24, 2.45) is 11.8 Å². The van der Waals surface area contributed by atoms with Gasteiger partial charge in [0.25, 0.3) is 0 Å². The molecule has 0 radical (unpaired) electrons. The number of furan rings is 1. The van der Waals surface area contributed by atoms with E-state index in [0.29, 0.717) is 11.7 Å². The molecule has 0 saturated heterocycles. The molecule has 0 aromatic carbocycles. The molecular weight excluding hydrogens is 184 g/mol. The summed E-state index contributed by atoms with van der Waals surface area (Å²) >= 11 is 0. The first-order valence-corrected chi connectivity index (χ1v) is 4.60. The number of carboxylic acid groups (broad SMARTS) is 1. The van der Waals surface area contributed by atoms with Crippen molar-refractivity contribution in [1.82, 2.24) is 0 Å². The first kappa shape index (κ1) is 9.27. The van der Waals surface area contributed by atoms with Crippen molar-refractivity contribution in [1.29, 1.82) is 0 Å². The minimum Gasteiger partial charge on any atom is -0.475 e. The summed E-state index contributed by atoms with van der Waals surface area (Å²) in [7, 11) is 0. The smallest absolute Gasteiger partial charge is 0.371 e. The second-order valence-electron chi connectivity index (χ2n) is 3.83. The van der Waals surface area contributed by atoms with Gasteiger partial charge in [0.15, 0.2) is 0 Å². The molecule has 2 N–H and O–H groups in total. The third-order valence-corrected chi connectivity index (χ3v) is 2.71. The van der Waals surface area contributed by atoms with Gasteiger partial charge in [-0.3, -0.25) is 0 Å². The number of aromatic carboxylic acids is 1. The molecule has 4 heteroatoms. The third kappa shape index (κ3) is 1.53. The van der Waals surface area contributed by atoms with Crippen molar-refractivity contribution in [3.63, 3.8) is 0 Å². The zero-order valence-electron chi connectivity index (χ0n) is 7.80. The van der Waals surface area contributed by atoms with Gasteiger partial charge in [-0.2, -0.15) is 0 Å². The van der Waals surface area contributed by atoms with E-state index in [1.165, 1.54) is 12.1 Å². The minimum absolute atomic E-state index is 0.118. The Hall–Kier alpha value is -1.29. The molecule has 1 aromatic rings. The van der Waals surface area contributed by atoms with Crippen LogP contribution in [0.5, 0.6) is 0 Å². The van der Waals surface area contributed by atoms with E-state index in [4.69, 9.17) is 9.52 Å². The van der Waals surface area contributed by atoms with E-state index in [1.807, 2.05) is 0 Å². The van der Waals surface area contributed by atoms with E-state index < -0.39 is 12.1 Å². The van der Waals surface area contributed by atoms with Crippen LogP contribution in [0.25, 0.3) is 0 Å². The highest BCUT2D eigenvalue weighted by molar-refractivity contribution is 5.84. The van der Waals surface area contributed by atoms with Gasteiger partial charge in [-0.05, 0) is 30.4 Å². The van der Waals surface area contributed by atoms with Crippen LogP contribution in [-0.2, 0) is 0 Å². The molecule has 0 spiro atoms. The Bertz CT molecular complexity index is 355. The molecule has 1 heterocycles. The zero-order valence-corrected chi connectivity index (χ0v) is 7.80. The van der Waals surface area contributed by atoms with Crippen LogP contribution in [0.2, 0.25) is 0 Å². The van der Waals surface area contributed by atoms with Crippen molar-refractivity contribution in [3.05, 3.63) is 23.7 Å². The van der Waals surface area contributed by atoms with Gasteiger partial charge in [0.1, 0.15) is 11.9 Å². The van der Waals surface area contributed by atoms with E-state index >= 15 is 0 Å². The third-order valence-electron chi connectivity index (χ3n) is 2.71. The Morgan fingerprint density at radius 3 is 2.71 bits per heavy atom. The summed E-state index contributed by atoms with van der Waals surface area (Å²) in [5.74, 6) is -0.137. The second kappa shape index (κ2) is 3.13. The topological polar surface area (TPSA) is 70.7 Å². The molecule has 0 bridgehead atoms. The highest BCUT2D eigenvalue weighted by Gasteiger charge is 2.40. The monoisotopic (exact) mass is 196 g/mol. The zero-order chi connectivity index (χ0) is 10.3. The summed E-state index contributed by atoms with van der Waals surface area (Å²) in [6.07, 6.45) is 0.322. The Labute approximate surface area is 81.2 Å². The fourth-order valence-electron chi connectivity index (χ4n) is 1.63. The van der Waals surface area contributed by atoms with Crippen LogP contribution >= 0.6 is 0 Å². The van der Waals surface area contributed by atoms with Crippen molar-refractivity contribution in [2.75, 3.05) is 0 Å². The van der Waals surface area contributed by atoms with Crippen LogP contribution in [0.4, 0.5) is 0 Å². The fraction of sp³-hybridized carbons (Fsp3) is 0.500. The summed E-state index contributed by atoms with van der Waals surface area (Å²) in [4.78, 5) is 10.5.